The van der Waals surface area contributed by atoms with E-state index in [0.29, 0.717) is 0 Å². The second-order valence-corrected chi connectivity index (χ2v) is 3.67. The first-order chi connectivity index (χ1) is 8.31. The van der Waals surface area contributed by atoms with Crippen LogP contribution < -0.4 is 10.1 Å². The summed E-state index contributed by atoms with van der Waals surface area (Å²) in [6.07, 6.45) is 3.11. The van der Waals surface area contributed by atoms with Gasteiger partial charge in [0.05, 0.1) is 0 Å². The van der Waals surface area contributed by atoms with Crippen LogP contribution >= 0.6 is 0 Å². The third-order valence-corrected chi connectivity index (χ3v) is 2.43. The van der Waals surface area contributed by atoms with Crippen LogP contribution in [0.3, 0.4) is 0 Å². The standard InChI is InChI=1S/C14H18N2O/c1-3-12(11-16-2)10-13-6-4-5-7-14(13)17-9-8-15/h4-7,10,16H,3,9,11H2,1-2H3. The summed E-state index contributed by atoms with van der Waals surface area (Å²) in [5.41, 5.74) is 2.33. The van der Waals surface area contributed by atoms with Gasteiger partial charge in [0.25, 0.3) is 0 Å². The molecular weight excluding hydrogens is 212 g/mol. The van der Waals surface area contributed by atoms with Crippen LogP contribution in [-0.4, -0.2) is 20.2 Å². The molecule has 0 spiro atoms. The van der Waals surface area contributed by atoms with Crippen LogP contribution in [0.2, 0.25) is 0 Å². The number of nitrogens with one attached hydrogen (secondary N) is 1. The zero-order valence-electron chi connectivity index (χ0n) is 10.4. The fraction of sp³-hybridized carbons (Fsp3) is 0.357. The molecule has 3 nitrogen and oxygen atoms in total. The van der Waals surface area contributed by atoms with Gasteiger partial charge in [-0.3, -0.25) is 0 Å². The highest BCUT2D eigenvalue weighted by Crippen LogP contribution is 2.21. The van der Waals surface area contributed by atoms with Crippen LogP contribution in [0.25, 0.3) is 6.08 Å². The molecule has 1 aromatic carbocycles. The molecule has 1 rings (SSSR count). The van der Waals surface area contributed by atoms with Crippen molar-refractivity contribution < 1.29 is 4.74 Å². The smallest absolute Gasteiger partial charge is 0.174 e. The summed E-state index contributed by atoms with van der Waals surface area (Å²) in [7, 11) is 1.93. The van der Waals surface area contributed by atoms with Crippen LogP contribution in [0.4, 0.5) is 0 Å². The number of para-hydroxylation sites is 1. The maximum absolute atomic E-state index is 8.53. The van der Waals surface area contributed by atoms with Crippen molar-refractivity contribution in [2.24, 2.45) is 0 Å². The van der Waals surface area contributed by atoms with E-state index in [0.717, 1.165) is 24.3 Å². The van der Waals surface area contributed by atoms with Gasteiger partial charge < -0.3 is 10.1 Å². The van der Waals surface area contributed by atoms with Gasteiger partial charge in [0, 0.05) is 12.1 Å². The first-order valence-corrected chi connectivity index (χ1v) is 5.74. The number of nitrogens with zero attached hydrogens (tertiary/aromatic N) is 1. The van der Waals surface area contributed by atoms with E-state index >= 15 is 0 Å². The Labute approximate surface area is 103 Å². The molecule has 1 N–H and O–H groups in total. The molecule has 0 bridgehead atoms. The second kappa shape index (κ2) is 7.48. The molecule has 90 valence electrons. The lowest BCUT2D eigenvalue weighted by Crippen LogP contribution is -2.09. The Morgan fingerprint density at radius 3 is 2.88 bits per heavy atom. The van der Waals surface area contributed by atoms with Crippen LogP contribution in [0.1, 0.15) is 18.9 Å². The van der Waals surface area contributed by atoms with Crippen LogP contribution in [0, 0.1) is 11.3 Å². The number of hydrogen-bond donors (Lipinski definition) is 1. The summed E-state index contributed by atoms with van der Waals surface area (Å²) in [6, 6.07) is 9.74. The fourth-order valence-electron chi connectivity index (χ4n) is 1.57. The molecule has 0 radical (unpaired) electrons. The molecule has 0 saturated heterocycles. The molecule has 0 unspecified atom stereocenters. The number of nitriles is 1. The van der Waals surface area contributed by atoms with Gasteiger partial charge in [-0.05, 0) is 19.5 Å². The molecule has 0 fully saturated rings. The number of rotatable bonds is 6. The Morgan fingerprint density at radius 2 is 2.24 bits per heavy atom. The van der Waals surface area contributed by atoms with Crippen LogP contribution in [0.5, 0.6) is 5.75 Å². The molecule has 0 atom stereocenters. The Balaban J connectivity index is 2.92. The van der Waals surface area contributed by atoms with Crippen molar-refractivity contribution in [3.8, 4) is 11.8 Å². The van der Waals surface area contributed by atoms with Gasteiger partial charge in [-0.2, -0.15) is 5.26 Å². The third kappa shape index (κ3) is 4.29. The Morgan fingerprint density at radius 1 is 1.47 bits per heavy atom. The van der Waals surface area contributed by atoms with Crippen molar-refractivity contribution in [2.75, 3.05) is 20.2 Å². The van der Waals surface area contributed by atoms with E-state index in [4.69, 9.17) is 10.00 Å². The van der Waals surface area contributed by atoms with Gasteiger partial charge in [-0.25, -0.2) is 0 Å². The lowest BCUT2D eigenvalue weighted by Gasteiger charge is -2.08. The van der Waals surface area contributed by atoms with Gasteiger partial charge in [-0.15, -0.1) is 0 Å². The van der Waals surface area contributed by atoms with Crippen LogP contribution in [-0.2, 0) is 0 Å². The predicted octanol–water partition coefficient (Wildman–Crippen LogP) is 2.60. The third-order valence-electron chi connectivity index (χ3n) is 2.43. The quantitative estimate of drug-likeness (QED) is 0.817. The molecule has 0 aliphatic rings. The maximum Gasteiger partial charge on any atom is 0.174 e. The van der Waals surface area contributed by atoms with E-state index in [2.05, 4.69) is 18.3 Å². The molecule has 0 saturated carbocycles. The zero-order valence-corrected chi connectivity index (χ0v) is 10.4. The number of ether oxygens (including phenoxy) is 1. The van der Waals surface area contributed by atoms with Crippen molar-refractivity contribution in [1.82, 2.24) is 5.32 Å². The van der Waals surface area contributed by atoms with Crippen LogP contribution in [0.15, 0.2) is 29.8 Å². The molecule has 0 heterocycles. The summed E-state index contributed by atoms with van der Waals surface area (Å²) < 4.78 is 5.38. The molecule has 0 aliphatic heterocycles. The van der Waals surface area contributed by atoms with E-state index in [1.807, 2.05) is 37.4 Å². The molecule has 0 aromatic heterocycles. The number of likely N-dealkylation sites (N-methyl/N-ethyl adjacent to an activating group) is 1. The first-order valence-electron chi connectivity index (χ1n) is 5.74. The van der Waals surface area contributed by atoms with E-state index < -0.39 is 0 Å². The van der Waals surface area contributed by atoms with E-state index in [1.54, 1.807) is 0 Å². The summed E-state index contributed by atoms with van der Waals surface area (Å²) in [6.45, 7) is 3.07. The molecule has 1 aromatic rings. The Hall–Kier alpha value is -1.79. The van der Waals surface area contributed by atoms with E-state index in [1.165, 1.54) is 5.57 Å². The zero-order chi connectivity index (χ0) is 12.5. The molecule has 0 amide bonds. The highest BCUT2D eigenvalue weighted by molar-refractivity contribution is 5.60. The van der Waals surface area contributed by atoms with E-state index in [9.17, 15) is 0 Å². The maximum atomic E-state index is 8.53. The normalized spacial score (nSPS) is 11.0. The topological polar surface area (TPSA) is 45.0 Å². The summed E-state index contributed by atoms with van der Waals surface area (Å²) >= 11 is 0. The number of hydrogen-bond acceptors (Lipinski definition) is 3. The summed E-state index contributed by atoms with van der Waals surface area (Å²) in [5, 5.41) is 11.7. The molecule has 17 heavy (non-hydrogen) atoms. The highest BCUT2D eigenvalue weighted by atomic mass is 16.5. The van der Waals surface area contributed by atoms with Crippen molar-refractivity contribution in [1.29, 1.82) is 5.26 Å². The minimum absolute atomic E-state index is 0.0817. The first kappa shape index (κ1) is 13.3. The molecule has 0 aliphatic carbocycles. The van der Waals surface area contributed by atoms with Gasteiger partial charge in [0.1, 0.15) is 11.8 Å². The van der Waals surface area contributed by atoms with Gasteiger partial charge in [0.2, 0.25) is 0 Å². The average Bonchev–Trinajstić information content (AvgIpc) is 2.37. The predicted molar refractivity (Wildman–Crippen MR) is 69.7 cm³/mol. The van der Waals surface area contributed by atoms with Crippen molar-refractivity contribution in [3.05, 3.63) is 35.4 Å². The van der Waals surface area contributed by atoms with Crippen molar-refractivity contribution in [3.63, 3.8) is 0 Å². The number of benzene rings is 1. The van der Waals surface area contributed by atoms with Crippen molar-refractivity contribution in [2.45, 2.75) is 13.3 Å². The molecular formula is C14H18N2O. The Kier molecular flexibility index (Phi) is 5.84. The Bertz CT molecular complexity index is 418. The SMILES string of the molecule is CCC(=Cc1ccccc1OCC#N)CNC. The fourth-order valence-corrected chi connectivity index (χ4v) is 1.57. The van der Waals surface area contributed by atoms with Gasteiger partial charge in [0.15, 0.2) is 6.61 Å². The van der Waals surface area contributed by atoms with Gasteiger partial charge in [-0.1, -0.05) is 36.8 Å². The largest absolute Gasteiger partial charge is 0.478 e. The minimum Gasteiger partial charge on any atom is -0.478 e. The summed E-state index contributed by atoms with van der Waals surface area (Å²) in [4.78, 5) is 0. The minimum atomic E-state index is 0.0817. The van der Waals surface area contributed by atoms with Gasteiger partial charge >= 0.3 is 0 Å². The second-order valence-electron chi connectivity index (χ2n) is 3.67. The lowest BCUT2D eigenvalue weighted by atomic mass is 10.1. The van der Waals surface area contributed by atoms with Crippen molar-refractivity contribution >= 4 is 6.08 Å². The summed E-state index contributed by atoms with van der Waals surface area (Å²) in [5.74, 6) is 0.760. The molecule has 3 heteroatoms. The average molecular weight is 230 g/mol. The lowest BCUT2D eigenvalue weighted by molar-refractivity contribution is 0.367. The monoisotopic (exact) mass is 230 g/mol. The highest BCUT2D eigenvalue weighted by Gasteiger charge is 2.01. The van der Waals surface area contributed by atoms with E-state index in [-0.39, 0.29) is 6.61 Å².